The average Bonchev–Trinajstić information content (AvgIpc) is 2.05. The fourth-order valence-electron chi connectivity index (χ4n) is 1.37. The number of hydrogen-bond acceptors (Lipinski definition) is 3. The van der Waals surface area contributed by atoms with Crippen molar-refractivity contribution in [3.8, 4) is 0 Å². The van der Waals surface area contributed by atoms with Crippen molar-refractivity contribution < 1.29 is 8.42 Å². The highest BCUT2D eigenvalue weighted by Gasteiger charge is 2.11. The van der Waals surface area contributed by atoms with Gasteiger partial charge in [-0.25, -0.2) is 8.42 Å². The number of benzene rings is 1. The Balaban J connectivity index is 2.59. The van der Waals surface area contributed by atoms with Crippen LogP contribution < -0.4 is 5.73 Å². The van der Waals surface area contributed by atoms with Crippen LogP contribution in [-0.4, -0.2) is 26.5 Å². The SMILES string of the molecule is CS(=O)(=O)CC(N)Cc1ccc(Cl)cc1. The Morgan fingerprint density at radius 1 is 1.33 bits per heavy atom. The molecule has 0 aliphatic carbocycles. The summed E-state index contributed by atoms with van der Waals surface area (Å²) in [5.74, 6) is 0.00955. The predicted molar refractivity (Wildman–Crippen MR) is 62.8 cm³/mol. The zero-order valence-electron chi connectivity index (χ0n) is 8.48. The first-order valence-electron chi connectivity index (χ1n) is 4.54. The average molecular weight is 248 g/mol. The van der Waals surface area contributed by atoms with Gasteiger partial charge < -0.3 is 5.73 Å². The molecule has 0 aliphatic heterocycles. The Kier molecular flexibility index (Phi) is 4.13. The summed E-state index contributed by atoms with van der Waals surface area (Å²) in [4.78, 5) is 0. The zero-order chi connectivity index (χ0) is 11.5. The van der Waals surface area contributed by atoms with Crippen LogP contribution in [0.2, 0.25) is 5.02 Å². The van der Waals surface area contributed by atoms with E-state index in [0.717, 1.165) is 5.56 Å². The quantitative estimate of drug-likeness (QED) is 0.871. The van der Waals surface area contributed by atoms with Crippen molar-refractivity contribution in [2.24, 2.45) is 5.73 Å². The second-order valence-electron chi connectivity index (χ2n) is 3.68. The van der Waals surface area contributed by atoms with E-state index in [-0.39, 0.29) is 11.8 Å². The lowest BCUT2D eigenvalue weighted by Gasteiger charge is -2.10. The van der Waals surface area contributed by atoms with Gasteiger partial charge in [-0.05, 0) is 24.1 Å². The van der Waals surface area contributed by atoms with Crippen molar-refractivity contribution >= 4 is 21.4 Å². The van der Waals surface area contributed by atoms with Crippen molar-refractivity contribution in [1.29, 1.82) is 0 Å². The molecule has 0 heterocycles. The van der Waals surface area contributed by atoms with Crippen molar-refractivity contribution in [1.82, 2.24) is 0 Å². The summed E-state index contributed by atoms with van der Waals surface area (Å²) in [6.07, 6.45) is 1.74. The van der Waals surface area contributed by atoms with Crippen molar-refractivity contribution in [2.45, 2.75) is 12.5 Å². The van der Waals surface area contributed by atoms with Gasteiger partial charge in [0.25, 0.3) is 0 Å². The maximum absolute atomic E-state index is 11.0. The van der Waals surface area contributed by atoms with Gasteiger partial charge in [-0.15, -0.1) is 0 Å². The number of rotatable bonds is 4. The molecule has 0 fully saturated rings. The van der Waals surface area contributed by atoms with Crippen molar-refractivity contribution in [3.63, 3.8) is 0 Å². The maximum Gasteiger partial charge on any atom is 0.148 e. The van der Waals surface area contributed by atoms with Gasteiger partial charge in [0.2, 0.25) is 0 Å². The molecule has 3 nitrogen and oxygen atoms in total. The van der Waals surface area contributed by atoms with Gasteiger partial charge in [0, 0.05) is 17.3 Å². The number of hydrogen-bond donors (Lipinski definition) is 1. The Morgan fingerprint density at radius 3 is 2.33 bits per heavy atom. The lowest BCUT2D eigenvalue weighted by Crippen LogP contribution is -2.31. The molecule has 0 radical (unpaired) electrons. The van der Waals surface area contributed by atoms with Gasteiger partial charge >= 0.3 is 0 Å². The van der Waals surface area contributed by atoms with E-state index in [9.17, 15) is 8.42 Å². The third-order valence-corrected chi connectivity index (χ3v) is 3.21. The standard InChI is InChI=1S/C10H14ClNO2S/c1-15(13,14)7-10(12)6-8-2-4-9(11)5-3-8/h2-5,10H,6-7,12H2,1H3. The number of sulfone groups is 1. The first-order valence-corrected chi connectivity index (χ1v) is 6.98. The van der Waals surface area contributed by atoms with E-state index in [2.05, 4.69) is 0 Å². The summed E-state index contributed by atoms with van der Waals surface area (Å²) in [6.45, 7) is 0. The monoisotopic (exact) mass is 247 g/mol. The van der Waals surface area contributed by atoms with Crippen LogP contribution in [0.3, 0.4) is 0 Å². The zero-order valence-corrected chi connectivity index (χ0v) is 10.1. The van der Waals surface area contributed by atoms with Gasteiger partial charge in [0.05, 0.1) is 5.75 Å². The van der Waals surface area contributed by atoms with Gasteiger partial charge in [0.15, 0.2) is 0 Å². The van der Waals surface area contributed by atoms with Crippen LogP contribution in [0.5, 0.6) is 0 Å². The molecule has 0 bridgehead atoms. The molecule has 1 rings (SSSR count). The fourth-order valence-corrected chi connectivity index (χ4v) is 2.39. The molecule has 84 valence electrons. The Morgan fingerprint density at radius 2 is 1.87 bits per heavy atom. The fraction of sp³-hybridized carbons (Fsp3) is 0.400. The minimum absolute atomic E-state index is 0.00955. The van der Waals surface area contributed by atoms with Crippen LogP contribution in [0.15, 0.2) is 24.3 Å². The molecule has 0 saturated carbocycles. The molecule has 1 unspecified atom stereocenters. The minimum Gasteiger partial charge on any atom is -0.326 e. The molecule has 5 heteroatoms. The van der Waals surface area contributed by atoms with Crippen LogP contribution in [0, 0.1) is 0 Å². The summed E-state index contributed by atoms with van der Waals surface area (Å²) >= 11 is 5.73. The molecule has 0 aliphatic rings. The normalized spacial score (nSPS) is 13.8. The molecule has 0 spiro atoms. The highest BCUT2D eigenvalue weighted by molar-refractivity contribution is 7.90. The van der Waals surface area contributed by atoms with Crippen LogP contribution in [-0.2, 0) is 16.3 Å². The second kappa shape index (κ2) is 4.96. The molecule has 1 atom stereocenters. The molecular weight excluding hydrogens is 234 g/mol. The largest absolute Gasteiger partial charge is 0.326 e. The Bertz CT molecular complexity index is 414. The van der Waals surface area contributed by atoms with E-state index < -0.39 is 9.84 Å². The summed E-state index contributed by atoms with van der Waals surface area (Å²) in [5.41, 5.74) is 6.71. The Hall–Kier alpha value is -0.580. The third-order valence-electron chi connectivity index (χ3n) is 1.93. The molecule has 0 amide bonds. The van der Waals surface area contributed by atoms with E-state index in [0.29, 0.717) is 11.4 Å². The molecule has 15 heavy (non-hydrogen) atoms. The van der Waals surface area contributed by atoms with E-state index in [1.165, 1.54) is 6.26 Å². The van der Waals surface area contributed by atoms with Crippen LogP contribution in [0.25, 0.3) is 0 Å². The predicted octanol–water partition coefficient (Wildman–Crippen LogP) is 1.25. The van der Waals surface area contributed by atoms with E-state index in [4.69, 9.17) is 17.3 Å². The molecule has 0 aromatic heterocycles. The molecule has 2 N–H and O–H groups in total. The van der Waals surface area contributed by atoms with Gasteiger partial charge in [-0.3, -0.25) is 0 Å². The van der Waals surface area contributed by atoms with E-state index >= 15 is 0 Å². The van der Waals surface area contributed by atoms with Crippen molar-refractivity contribution in [2.75, 3.05) is 12.0 Å². The van der Waals surface area contributed by atoms with Crippen LogP contribution >= 0.6 is 11.6 Å². The first kappa shape index (κ1) is 12.5. The van der Waals surface area contributed by atoms with Crippen molar-refractivity contribution in [3.05, 3.63) is 34.9 Å². The second-order valence-corrected chi connectivity index (χ2v) is 6.30. The van der Waals surface area contributed by atoms with Gasteiger partial charge in [-0.1, -0.05) is 23.7 Å². The van der Waals surface area contributed by atoms with Gasteiger partial charge in [0.1, 0.15) is 9.84 Å². The number of nitrogens with two attached hydrogens (primary N) is 1. The van der Waals surface area contributed by atoms with Crippen LogP contribution in [0.4, 0.5) is 0 Å². The molecule has 1 aromatic carbocycles. The summed E-state index contributed by atoms with van der Waals surface area (Å²) in [7, 11) is -3.00. The first-order chi connectivity index (χ1) is 6.87. The molecule has 0 saturated heterocycles. The Labute approximate surface area is 95.2 Å². The lowest BCUT2D eigenvalue weighted by molar-refractivity contribution is 0.591. The highest BCUT2D eigenvalue weighted by atomic mass is 35.5. The smallest absolute Gasteiger partial charge is 0.148 e. The van der Waals surface area contributed by atoms with Gasteiger partial charge in [-0.2, -0.15) is 0 Å². The minimum atomic E-state index is -3.00. The van der Waals surface area contributed by atoms with E-state index in [1.54, 1.807) is 12.1 Å². The maximum atomic E-state index is 11.0. The van der Waals surface area contributed by atoms with E-state index in [1.807, 2.05) is 12.1 Å². The van der Waals surface area contributed by atoms with Crippen LogP contribution in [0.1, 0.15) is 5.56 Å². The number of halogens is 1. The third kappa shape index (κ3) is 5.16. The summed E-state index contributed by atoms with van der Waals surface area (Å²) < 4.78 is 22.0. The summed E-state index contributed by atoms with van der Waals surface area (Å²) in [6, 6.07) is 6.88. The lowest BCUT2D eigenvalue weighted by atomic mass is 10.1. The topological polar surface area (TPSA) is 60.2 Å². The summed E-state index contributed by atoms with van der Waals surface area (Å²) in [5, 5.41) is 0.662. The molecular formula is C10H14ClNO2S. The molecule has 1 aromatic rings. The highest BCUT2D eigenvalue weighted by Crippen LogP contribution is 2.11.